The normalized spacial score (nSPS) is 10.9. The van der Waals surface area contributed by atoms with Crippen LogP contribution in [-0.2, 0) is 11.2 Å². The predicted molar refractivity (Wildman–Crippen MR) is 76.3 cm³/mol. The van der Waals surface area contributed by atoms with Gasteiger partial charge in [-0.1, -0.05) is 40.9 Å². The van der Waals surface area contributed by atoms with Crippen LogP contribution in [0.2, 0.25) is 0 Å². The smallest absolute Gasteiger partial charge is 0.363 e. The fraction of sp³-hybridized carbons (Fsp3) is 0.231. The van der Waals surface area contributed by atoms with E-state index in [0.29, 0.717) is 17.5 Å². The average Bonchev–Trinajstić information content (AvgIpc) is 2.30. The molecule has 0 saturated carbocycles. The van der Waals surface area contributed by atoms with E-state index in [1.165, 1.54) is 19.1 Å². The summed E-state index contributed by atoms with van der Waals surface area (Å²) in [6.07, 6.45) is 2.04. The number of allylic oxidation sites excluding steroid dienone is 1. The Morgan fingerprint density at radius 2 is 2.00 bits per heavy atom. The third-order valence-corrected chi connectivity index (χ3v) is 2.73. The van der Waals surface area contributed by atoms with Crippen molar-refractivity contribution in [1.29, 1.82) is 0 Å². The second-order valence-corrected chi connectivity index (χ2v) is 6.04. The highest BCUT2D eigenvalue weighted by Crippen LogP contribution is 2.30. The lowest BCUT2D eigenvalue weighted by Crippen LogP contribution is -2.25. The van der Waals surface area contributed by atoms with Gasteiger partial charge in [0.05, 0.1) is 0 Å². The van der Waals surface area contributed by atoms with Crippen molar-refractivity contribution in [2.24, 2.45) is 0 Å². The molecular formula is C13H11Cl3O3. The molecule has 0 unspecified atom stereocenters. The van der Waals surface area contributed by atoms with Crippen molar-refractivity contribution in [3.05, 3.63) is 42.0 Å². The van der Waals surface area contributed by atoms with E-state index in [1.54, 1.807) is 12.1 Å². The van der Waals surface area contributed by atoms with Crippen molar-refractivity contribution in [3.63, 3.8) is 0 Å². The molecule has 0 aromatic heterocycles. The maximum Gasteiger partial charge on any atom is 0.363 e. The molecular weight excluding hydrogens is 310 g/mol. The molecule has 0 fully saturated rings. The Kier molecular flexibility index (Phi) is 5.41. The van der Waals surface area contributed by atoms with E-state index in [1.807, 2.05) is 0 Å². The van der Waals surface area contributed by atoms with Crippen LogP contribution in [0.15, 0.2) is 30.9 Å². The zero-order valence-electron chi connectivity index (χ0n) is 10.1. The molecule has 0 spiro atoms. The first-order valence-corrected chi connectivity index (χ1v) is 6.43. The van der Waals surface area contributed by atoms with Gasteiger partial charge in [0.1, 0.15) is 5.75 Å². The number of rotatable bonds is 4. The average molecular weight is 322 g/mol. The quantitative estimate of drug-likeness (QED) is 0.278. The fourth-order valence-corrected chi connectivity index (χ4v) is 1.49. The van der Waals surface area contributed by atoms with E-state index in [4.69, 9.17) is 39.5 Å². The second kappa shape index (κ2) is 6.42. The van der Waals surface area contributed by atoms with E-state index in [2.05, 4.69) is 6.58 Å². The molecule has 0 atom stereocenters. The van der Waals surface area contributed by atoms with Gasteiger partial charge in [-0.15, -0.1) is 6.58 Å². The highest BCUT2D eigenvalue weighted by atomic mass is 35.6. The largest absolute Gasteiger partial charge is 0.423 e. The molecule has 102 valence electrons. The van der Waals surface area contributed by atoms with E-state index in [-0.39, 0.29) is 11.5 Å². The Morgan fingerprint density at radius 1 is 1.37 bits per heavy atom. The maximum atomic E-state index is 11.5. The van der Waals surface area contributed by atoms with Gasteiger partial charge in [-0.3, -0.25) is 4.79 Å². The van der Waals surface area contributed by atoms with Crippen LogP contribution in [0.4, 0.5) is 0 Å². The summed E-state index contributed by atoms with van der Waals surface area (Å²) in [6, 6.07) is 4.64. The summed E-state index contributed by atoms with van der Waals surface area (Å²) >= 11 is 16.3. The third kappa shape index (κ3) is 4.53. The van der Waals surface area contributed by atoms with Gasteiger partial charge in [-0.2, -0.15) is 0 Å². The molecule has 6 heteroatoms. The van der Waals surface area contributed by atoms with Crippen LogP contribution in [0, 0.1) is 0 Å². The van der Waals surface area contributed by atoms with Crippen LogP contribution >= 0.6 is 34.8 Å². The van der Waals surface area contributed by atoms with Crippen molar-refractivity contribution in [2.75, 3.05) is 0 Å². The first-order valence-electron chi connectivity index (χ1n) is 5.29. The lowest BCUT2D eigenvalue weighted by molar-refractivity contribution is -0.133. The number of carbonyl (C=O) groups excluding carboxylic acids is 2. The van der Waals surface area contributed by atoms with Crippen molar-refractivity contribution < 1.29 is 14.3 Å². The zero-order valence-corrected chi connectivity index (χ0v) is 12.4. The summed E-state index contributed by atoms with van der Waals surface area (Å²) in [7, 11) is 0. The fourth-order valence-electron chi connectivity index (χ4n) is 1.37. The van der Waals surface area contributed by atoms with Crippen molar-refractivity contribution in [1.82, 2.24) is 0 Å². The minimum Gasteiger partial charge on any atom is -0.423 e. The molecule has 0 aliphatic rings. The van der Waals surface area contributed by atoms with E-state index in [0.717, 1.165) is 0 Å². The number of hydrogen-bond donors (Lipinski definition) is 0. The number of alkyl halides is 3. The molecule has 1 rings (SSSR count). The van der Waals surface area contributed by atoms with Crippen LogP contribution in [0.5, 0.6) is 5.75 Å². The summed E-state index contributed by atoms with van der Waals surface area (Å²) < 4.78 is 2.86. The van der Waals surface area contributed by atoms with Gasteiger partial charge in [-0.05, 0) is 37.1 Å². The highest BCUT2D eigenvalue weighted by molar-refractivity contribution is 6.75. The predicted octanol–water partition coefficient (Wildman–Crippen LogP) is 3.89. The number of ether oxygens (including phenoxy) is 1. The van der Waals surface area contributed by atoms with Crippen LogP contribution in [0.1, 0.15) is 22.8 Å². The number of Topliss-reactive ketones (excluding diaryl/α,β-unsaturated/α-hetero) is 1. The van der Waals surface area contributed by atoms with Gasteiger partial charge in [0, 0.05) is 5.56 Å². The molecule has 0 amide bonds. The van der Waals surface area contributed by atoms with Gasteiger partial charge in [0.2, 0.25) is 0 Å². The standard InChI is InChI=1S/C13H11Cl3O3/c1-3-4-10-7-9(8(2)17)5-6-11(10)19-12(18)13(14,15)16/h3,5-7H,1,4H2,2H3. The topological polar surface area (TPSA) is 43.4 Å². The Labute approximate surface area is 126 Å². The number of ketones is 1. The van der Waals surface area contributed by atoms with Gasteiger partial charge < -0.3 is 4.74 Å². The van der Waals surface area contributed by atoms with Crippen molar-refractivity contribution in [3.8, 4) is 5.75 Å². The van der Waals surface area contributed by atoms with Gasteiger partial charge >= 0.3 is 5.97 Å². The SMILES string of the molecule is C=CCc1cc(C(C)=O)ccc1OC(=O)C(Cl)(Cl)Cl. The van der Waals surface area contributed by atoms with Crippen molar-refractivity contribution in [2.45, 2.75) is 17.1 Å². The Balaban J connectivity index is 3.10. The maximum absolute atomic E-state index is 11.5. The third-order valence-electron chi connectivity index (χ3n) is 2.27. The number of halogens is 3. The zero-order chi connectivity index (χ0) is 14.6. The lowest BCUT2D eigenvalue weighted by Gasteiger charge is -2.13. The minimum atomic E-state index is -2.15. The van der Waals surface area contributed by atoms with E-state index in [9.17, 15) is 9.59 Å². The molecule has 3 nitrogen and oxygen atoms in total. The summed E-state index contributed by atoms with van der Waals surface area (Å²) in [5, 5.41) is 0. The number of carbonyl (C=O) groups is 2. The molecule has 1 aromatic carbocycles. The first-order chi connectivity index (χ1) is 8.75. The van der Waals surface area contributed by atoms with Crippen LogP contribution in [0.25, 0.3) is 0 Å². The lowest BCUT2D eigenvalue weighted by atomic mass is 10.0. The van der Waals surface area contributed by atoms with Gasteiger partial charge in [0.25, 0.3) is 3.79 Å². The monoisotopic (exact) mass is 320 g/mol. The molecule has 0 heterocycles. The van der Waals surface area contributed by atoms with Crippen LogP contribution < -0.4 is 4.74 Å². The molecule has 0 radical (unpaired) electrons. The van der Waals surface area contributed by atoms with Gasteiger partial charge in [0.15, 0.2) is 5.78 Å². The summed E-state index contributed by atoms with van der Waals surface area (Å²) in [5.74, 6) is -0.857. The molecule has 0 saturated heterocycles. The van der Waals surface area contributed by atoms with Gasteiger partial charge in [-0.25, -0.2) is 4.79 Å². The molecule has 1 aromatic rings. The number of esters is 1. The van der Waals surface area contributed by atoms with Crippen LogP contribution in [0.3, 0.4) is 0 Å². The summed E-state index contributed by atoms with van der Waals surface area (Å²) in [4.78, 5) is 22.8. The Bertz CT molecular complexity index is 518. The van der Waals surface area contributed by atoms with E-state index >= 15 is 0 Å². The molecule has 0 aliphatic carbocycles. The van der Waals surface area contributed by atoms with Crippen molar-refractivity contribution >= 4 is 46.6 Å². The minimum absolute atomic E-state index is 0.0930. The second-order valence-electron chi connectivity index (χ2n) is 3.76. The number of hydrogen-bond acceptors (Lipinski definition) is 3. The number of benzene rings is 1. The Morgan fingerprint density at radius 3 is 2.47 bits per heavy atom. The highest BCUT2D eigenvalue weighted by Gasteiger charge is 2.33. The van der Waals surface area contributed by atoms with E-state index < -0.39 is 9.76 Å². The van der Waals surface area contributed by atoms with Crippen LogP contribution in [-0.4, -0.2) is 15.5 Å². The molecule has 0 aliphatic heterocycles. The summed E-state index contributed by atoms with van der Waals surface area (Å²) in [6.45, 7) is 5.04. The first kappa shape index (κ1) is 16.0. The molecule has 0 N–H and O–H groups in total. The Hall–Kier alpha value is -1.03. The summed E-state index contributed by atoms with van der Waals surface area (Å²) in [5.41, 5.74) is 1.12. The molecule has 0 bridgehead atoms. The molecule has 19 heavy (non-hydrogen) atoms.